The Balaban J connectivity index is 2.03. The summed E-state index contributed by atoms with van der Waals surface area (Å²) in [5.74, 6) is -1.06. The van der Waals surface area contributed by atoms with Crippen molar-refractivity contribution in [3.8, 4) is 0 Å². The van der Waals surface area contributed by atoms with Crippen LogP contribution in [0.4, 0.5) is 5.69 Å². The number of ether oxygens (including phenoxy) is 1. The Labute approximate surface area is 182 Å². The second kappa shape index (κ2) is 9.04. The highest BCUT2D eigenvalue weighted by Gasteiger charge is 2.43. The predicted octanol–water partition coefficient (Wildman–Crippen LogP) is 4.93. The summed E-state index contributed by atoms with van der Waals surface area (Å²) in [6, 6.07) is 6.08. The molecule has 0 amide bonds. The van der Waals surface area contributed by atoms with Gasteiger partial charge in [-0.15, -0.1) is 0 Å². The van der Waals surface area contributed by atoms with Crippen molar-refractivity contribution in [1.29, 1.82) is 0 Å². The lowest BCUT2D eigenvalue weighted by molar-refractivity contribution is -0.384. The number of rotatable bonds is 7. The van der Waals surface area contributed by atoms with Gasteiger partial charge in [-0.3, -0.25) is 14.9 Å². The van der Waals surface area contributed by atoms with Crippen LogP contribution in [0.25, 0.3) is 0 Å². The van der Waals surface area contributed by atoms with E-state index in [0.29, 0.717) is 41.9 Å². The number of nitro benzene ring substituents is 1. The second-order valence-corrected chi connectivity index (χ2v) is 9.12. The highest BCUT2D eigenvalue weighted by molar-refractivity contribution is 6.04. The molecule has 31 heavy (non-hydrogen) atoms. The van der Waals surface area contributed by atoms with Crippen molar-refractivity contribution in [1.82, 2.24) is 5.32 Å². The quantitative estimate of drug-likeness (QED) is 0.287. The number of allylic oxidation sites excluding steroid dienone is 3. The van der Waals surface area contributed by atoms with Gasteiger partial charge in [-0.25, -0.2) is 4.79 Å². The highest BCUT2D eigenvalue weighted by Crippen LogP contribution is 2.46. The van der Waals surface area contributed by atoms with Crippen molar-refractivity contribution in [2.75, 3.05) is 6.61 Å². The van der Waals surface area contributed by atoms with Crippen LogP contribution in [0.3, 0.4) is 0 Å². The molecule has 3 rings (SSSR count). The van der Waals surface area contributed by atoms with Gasteiger partial charge in [0.1, 0.15) is 0 Å². The van der Waals surface area contributed by atoms with Crippen LogP contribution < -0.4 is 5.32 Å². The second-order valence-electron chi connectivity index (χ2n) is 9.12. The number of hydrogen-bond acceptors (Lipinski definition) is 6. The summed E-state index contributed by atoms with van der Waals surface area (Å²) in [7, 11) is 0. The van der Waals surface area contributed by atoms with Crippen molar-refractivity contribution in [2.24, 2.45) is 5.41 Å². The number of benzene rings is 1. The number of nitrogens with one attached hydrogen (secondary N) is 1. The van der Waals surface area contributed by atoms with Crippen LogP contribution in [0.5, 0.6) is 0 Å². The van der Waals surface area contributed by atoms with Crippen LogP contribution in [0, 0.1) is 15.5 Å². The number of Topliss-reactive ketones (excluding diaryl/α,β-unsaturated/α-hetero) is 1. The lowest BCUT2D eigenvalue weighted by atomic mass is 9.68. The van der Waals surface area contributed by atoms with E-state index in [2.05, 4.69) is 12.2 Å². The molecule has 7 nitrogen and oxygen atoms in total. The molecule has 0 saturated heterocycles. The summed E-state index contributed by atoms with van der Waals surface area (Å²) in [5, 5.41) is 14.4. The van der Waals surface area contributed by atoms with Gasteiger partial charge < -0.3 is 10.1 Å². The monoisotopic (exact) mass is 426 g/mol. The summed E-state index contributed by atoms with van der Waals surface area (Å²) in [6.45, 7) is 8.32. The van der Waals surface area contributed by atoms with E-state index < -0.39 is 16.8 Å². The maximum absolute atomic E-state index is 13.2. The molecular formula is C24H30N2O5. The SMILES string of the molecule is CCCCCOC(=O)C1=C(C)NC2=C(C(=O)CC(C)(C)C2)[C@H]1c1ccc([N+](=O)[O-])cc1. The number of dihydropyridines is 1. The zero-order chi connectivity index (χ0) is 22.8. The molecule has 1 N–H and O–H groups in total. The standard InChI is InChI=1S/C24H30N2O5/c1-5-6-7-12-31-23(28)20-15(2)25-18-13-24(3,4)14-19(27)22(18)21(20)16-8-10-17(11-9-16)26(29)30/h8-11,21,25H,5-7,12-14H2,1-4H3/t21-/m0/s1. The first kappa shape index (κ1) is 22.7. The topological polar surface area (TPSA) is 98.5 Å². The van der Waals surface area contributed by atoms with Crippen LogP contribution in [-0.2, 0) is 14.3 Å². The Hall–Kier alpha value is -2.96. The molecule has 1 aromatic carbocycles. The molecule has 166 valence electrons. The van der Waals surface area contributed by atoms with Gasteiger partial charge in [-0.2, -0.15) is 0 Å². The van der Waals surface area contributed by atoms with Gasteiger partial charge in [0.2, 0.25) is 0 Å². The molecule has 1 aromatic rings. The summed E-state index contributed by atoms with van der Waals surface area (Å²) in [5.41, 5.74) is 2.91. The molecule has 1 atom stereocenters. The Morgan fingerprint density at radius 2 is 1.90 bits per heavy atom. The highest BCUT2D eigenvalue weighted by atomic mass is 16.6. The van der Waals surface area contributed by atoms with Crippen LogP contribution in [0.15, 0.2) is 46.8 Å². The normalized spacial score (nSPS) is 20.3. The third-order valence-corrected chi connectivity index (χ3v) is 5.88. The minimum atomic E-state index is -0.598. The number of unbranched alkanes of at least 4 members (excludes halogenated alkanes) is 2. The summed E-state index contributed by atoms with van der Waals surface area (Å²) in [6.07, 6.45) is 3.85. The first-order valence-corrected chi connectivity index (χ1v) is 10.8. The molecule has 1 aliphatic heterocycles. The van der Waals surface area contributed by atoms with Gasteiger partial charge in [0.15, 0.2) is 5.78 Å². The molecule has 0 unspecified atom stereocenters. The van der Waals surface area contributed by atoms with Crippen LogP contribution >= 0.6 is 0 Å². The molecule has 0 radical (unpaired) electrons. The van der Waals surface area contributed by atoms with E-state index in [0.717, 1.165) is 25.0 Å². The van der Waals surface area contributed by atoms with Crippen molar-refractivity contribution >= 4 is 17.4 Å². The number of ketones is 1. The third-order valence-electron chi connectivity index (χ3n) is 5.88. The minimum Gasteiger partial charge on any atom is -0.462 e. The number of nitrogens with zero attached hydrogens (tertiary/aromatic N) is 1. The molecule has 0 saturated carbocycles. The first-order valence-electron chi connectivity index (χ1n) is 10.8. The number of hydrogen-bond donors (Lipinski definition) is 1. The van der Waals surface area contributed by atoms with E-state index in [9.17, 15) is 19.7 Å². The lowest BCUT2D eigenvalue weighted by Crippen LogP contribution is -2.38. The first-order chi connectivity index (χ1) is 14.6. The number of carbonyl (C=O) groups is 2. The van der Waals surface area contributed by atoms with Gasteiger partial charge in [-0.1, -0.05) is 45.7 Å². The maximum Gasteiger partial charge on any atom is 0.336 e. The van der Waals surface area contributed by atoms with E-state index in [1.54, 1.807) is 12.1 Å². The molecular weight excluding hydrogens is 396 g/mol. The largest absolute Gasteiger partial charge is 0.462 e. The van der Waals surface area contributed by atoms with Crippen molar-refractivity contribution in [3.05, 3.63) is 62.5 Å². The summed E-state index contributed by atoms with van der Waals surface area (Å²) < 4.78 is 5.54. The third kappa shape index (κ3) is 4.86. The van der Waals surface area contributed by atoms with Gasteiger partial charge in [0, 0.05) is 41.4 Å². The molecule has 0 aromatic heterocycles. The molecule has 1 aliphatic carbocycles. The molecule has 2 aliphatic rings. The van der Waals surface area contributed by atoms with Gasteiger partial charge in [0.25, 0.3) is 5.69 Å². The van der Waals surface area contributed by atoms with E-state index in [1.165, 1.54) is 12.1 Å². The summed E-state index contributed by atoms with van der Waals surface area (Å²) in [4.78, 5) is 36.9. The zero-order valence-electron chi connectivity index (χ0n) is 18.6. The Morgan fingerprint density at radius 1 is 1.23 bits per heavy atom. The predicted molar refractivity (Wildman–Crippen MR) is 117 cm³/mol. The van der Waals surface area contributed by atoms with E-state index >= 15 is 0 Å². The number of nitro groups is 1. The Morgan fingerprint density at radius 3 is 2.52 bits per heavy atom. The number of carbonyl (C=O) groups excluding carboxylic acids is 2. The summed E-state index contributed by atoms with van der Waals surface area (Å²) >= 11 is 0. The minimum absolute atomic E-state index is 0.00844. The molecule has 0 spiro atoms. The van der Waals surface area contributed by atoms with Crippen LogP contribution in [-0.4, -0.2) is 23.3 Å². The van der Waals surface area contributed by atoms with E-state index in [-0.39, 0.29) is 16.9 Å². The molecule has 0 bridgehead atoms. The maximum atomic E-state index is 13.2. The fourth-order valence-electron chi connectivity index (χ4n) is 4.42. The average molecular weight is 427 g/mol. The van der Waals surface area contributed by atoms with Gasteiger partial charge >= 0.3 is 5.97 Å². The Bertz CT molecular complexity index is 957. The van der Waals surface area contributed by atoms with Crippen molar-refractivity contribution < 1.29 is 19.2 Å². The van der Waals surface area contributed by atoms with Crippen molar-refractivity contribution in [2.45, 2.75) is 65.7 Å². The molecule has 0 fully saturated rings. The smallest absolute Gasteiger partial charge is 0.336 e. The average Bonchev–Trinajstić information content (AvgIpc) is 2.69. The lowest BCUT2D eigenvalue weighted by Gasteiger charge is -2.39. The fourth-order valence-corrected chi connectivity index (χ4v) is 4.42. The molecule has 1 heterocycles. The van der Waals surface area contributed by atoms with E-state index in [4.69, 9.17) is 4.74 Å². The Kier molecular flexibility index (Phi) is 6.62. The number of esters is 1. The van der Waals surface area contributed by atoms with Crippen LogP contribution in [0.2, 0.25) is 0 Å². The van der Waals surface area contributed by atoms with Crippen molar-refractivity contribution in [3.63, 3.8) is 0 Å². The van der Waals surface area contributed by atoms with Gasteiger partial charge in [0.05, 0.1) is 17.1 Å². The van der Waals surface area contributed by atoms with Gasteiger partial charge in [-0.05, 0) is 30.7 Å². The number of non-ortho nitro benzene ring substituents is 1. The van der Waals surface area contributed by atoms with Crippen LogP contribution in [0.1, 0.15) is 71.3 Å². The molecule has 7 heteroatoms. The fraction of sp³-hybridized carbons (Fsp3) is 0.500. The van der Waals surface area contributed by atoms with E-state index in [1.807, 2.05) is 20.8 Å². The zero-order valence-corrected chi connectivity index (χ0v) is 18.6.